The van der Waals surface area contributed by atoms with Crippen LogP contribution < -0.4 is 0 Å². The Hall–Kier alpha value is 1.07. The summed E-state index contributed by atoms with van der Waals surface area (Å²) in [6.45, 7) is 0. The van der Waals surface area contributed by atoms with E-state index in [0.29, 0.717) is 0 Å². The smallest absolute Gasteiger partial charge is 0.260 e. The van der Waals surface area contributed by atoms with Crippen LogP contribution in [0, 0.1) is 36.9 Å². The van der Waals surface area contributed by atoms with Crippen LogP contribution >= 0.6 is 0 Å². The van der Waals surface area contributed by atoms with Gasteiger partial charge in [-0.15, -0.1) is 0 Å². The SMILES string of the molecule is O=S(=O)(O)F.[Tm]. The van der Waals surface area contributed by atoms with Gasteiger partial charge in [0.15, 0.2) is 0 Å². The molecule has 0 unspecified atom stereocenters. The van der Waals surface area contributed by atoms with Gasteiger partial charge in [-0.25, -0.2) is 0 Å². The van der Waals surface area contributed by atoms with E-state index in [4.69, 9.17) is 13.0 Å². The van der Waals surface area contributed by atoms with Crippen LogP contribution in [0.25, 0.3) is 0 Å². The minimum atomic E-state index is -5.17. The molecule has 0 fully saturated rings. The van der Waals surface area contributed by atoms with Crippen molar-refractivity contribution in [2.45, 2.75) is 0 Å². The van der Waals surface area contributed by atoms with Crippen molar-refractivity contribution < 1.29 is 53.7 Å². The van der Waals surface area contributed by atoms with Crippen molar-refractivity contribution in [2.75, 3.05) is 0 Å². The van der Waals surface area contributed by atoms with Gasteiger partial charge in [0.1, 0.15) is 0 Å². The molecule has 0 saturated heterocycles. The summed E-state index contributed by atoms with van der Waals surface area (Å²) < 4.78 is 34.1. The summed E-state index contributed by atoms with van der Waals surface area (Å²) in [5.41, 5.74) is 0. The summed E-state index contributed by atoms with van der Waals surface area (Å²) in [7, 11) is -5.17. The van der Waals surface area contributed by atoms with Gasteiger partial charge in [-0.05, 0) is 0 Å². The van der Waals surface area contributed by atoms with Crippen LogP contribution in [0.1, 0.15) is 0 Å². The van der Waals surface area contributed by atoms with E-state index in [1.165, 1.54) is 0 Å². The molecule has 45 valence electrons. The van der Waals surface area contributed by atoms with Crippen molar-refractivity contribution in [3.05, 3.63) is 0 Å². The largest absolute Gasteiger partial charge is 0.435 e. The molecule has 0 heterocycles. The summed E-state index contributed by atoms with van der Waals surface area (Å²) in [5.74, 6) is 0. The fourth-order valence-electron chi connectivity index (χ4n) is 0. The molecule has 0 aromatic rings. The number of rotatable bonds is 0. The Balaban J connectivity index is 0. The zero-order chi connectivity index (χ0) is 4.50. The topological polar surface area (TPSA) is 54.4 Å². The van der Waals surface area contributed by atoms with E-state index in [9.17, 15) is 3.89 Å². The molecule has 6 heteroatoms. The van der Waals surface area contributed by atoms with E-state index in [1.807, 2.05) is 0 Å². The fraction of sp³-hybridized carbons (Fsp3) is 0. The van der Waals surface area contributed by atoms with Gasteiger partial charge in [-0.1, -0.05) is 3.89 Å². The molecule has 0 amide bonds. The predicted octanol–water partition coefficient (Wildman–Crippen LogP) is -0.241. The number of hydrogen-bond donors (Lipinski definition) is 1. The van der Waals surface area contributed by atoms with E-state index in [0.717, 1.165) is 0 Å². The van der Waals surface area contributed by atoms with E-state index in [2.05, 4.69) is 0 Å². The first kappa shape index (κ1) is 10.1. The van der Waals surface area contributed by atoms with Gasteiger partial charge in [0.25, 0.3) is 0 Å². The van der Waals surface area contributed by atoms with Crippen LogP contribution in [-0.4, -0.2) is 13.0 Å². The summed E-state index contributed by atoms with van der Waals surface area (Å²) in [6.07, 6.45) is 0. The second-order valence-electron chi connectivity index (χ2n) is 0.412. The van der Waals surface area contributed by atoms with Gasteiger partial charge in [0.05, 0.1) is 0 Å². The van der Waals surface area contributed by atoms with Gasteiger partial charge in [-0.3, -0.25) is 4.55 Å². The summed E-state index contributed by atoms with van der Waals surface area (Å²) in [5, 5.41) is 0. The first-order valence-corrected chi connectivity index (χ1v) is 2.01. The normalized spacial score (nSPS) is 9.67. The second kappa shape index (κ2) is 3.12. The average molecular weight is 269 g/mol. The molecule has 0 aromatic heterocycles. The maximum Gasteiger partial charge on any atom is 0.435 e. The Kier molecular flexibility index (Phi) is 5.28. The quantitative estimate of drug-likeness (QED) is 0.487. The summed E-state index contributed by atoms with van der Waals surface area (Å²) >= 11 is 0. The Morgan fingerprint density at radius 3 is 1.50 bits per heavy atom. The molecule has 1 N–H and O–H groups in total. The van der Waals surface area contributed by atoms with E-state index >= 15 is 0 Å². The zero-order valence-electron chi connectivity index (χ0n) is 2.33. The minimum Gasteiger partial charge on any atom is -0.260 e. The molecule has 0 aromatic carbocycles. The molecule has 0 aliphatic carbocycles. The monoisotopic (exact) mass is 269 g/mol. The predicted molar refractivity (Wildman–Crippen MR) is 12.7 cm³/mol. The molecule has 0 saturated carbocycles. The fourth-order valence-corrected chi connectivity index (χ4v) is 0. The molecular formula is HFO3STm. The van der Waals surface area contributed by atoms with Gasteiger partial charge >= 0.3 is 10.5 Å². The molecule has 0 aliphatic rings. The van der Waals surface area contributed by atoms with E-state index in [-0.39, 0.29) is 36.9 Å². The van der Waals surface area contributed by atoms with Crippen molar-refractivity contribution >= 4 is 10.5 Å². The van der Waals surface area contributed by atoms with Crippen molar-refractivity contribution in [1.82, 2.24) is 0 Å². The van der Waals surface area contributed by atoms with Crippen LogP contribution in [0.4, 0.5) is 3.89 Å². The first-order chi connectivity index (χ1) is 2.00. The second-order valence-corrected chi connectivity index (χ2v) is 1.24. The van der Waals surface area contributed by atoms with Crippen LogP contribution in [-0.2, 0) is 10.5 Å². The van der Waals surface area contributed by atoms with Gasteiger partial charge < -0.3 is 0 Å². The van der Waals surface area contributed by atoms with Gasteiger partial charge in [0, 0.05) is 36.9 Å². The Bertz CT molecular complexity index is 94.0. The van der Waals surface area contributed by atoms with Crippen molar-refractivity contribution in [3.8, 4) is 0 Å². The molecule has 0 bridgehead atoms. The summed E-state index contributed by atoms with van der Waals surface area (Å²) in [6, 6.07) is 0. The van der Waals surface area contributed by atoms with Crippen molar-refractivity contribution in [3.63, 3.8) is 0 Å². The standard InChI is InChI=1S/FHO3S.Tm/c1-5(2,3)4;/h(H,2,3,4);. The zero-order valence-corrected chi connectivity index (χ0v) is 4.92. The Morgan fingerprint density at radius 1 is 1.50 bits per heavy atom. The van der Waals surface area contributed by atoms with E-state index < -0.39 is 10.5 Å². The minimum absolute atomic E-state index is 0. The Labute approximate surface area is 63.8 Å². The first-order valence-electron chi connectivity index (χ1n) is 0.670. The van der Waals surface area contributed by atoms with Crippen molar-refractivity contribution in [1.29, 1.82) is 0 Å². The third-order valence-corrected chi connectivity index (χ3v) is 0. The molecule has 0 aliphatic heterocycles. The third kappa shape index (κ3) is 73.0. The number of halogens is 1. The summed E-state index contributed by atoms with van der Waals surface area (Å²) in [4.78, 5) is 0. The van der Waals surface area contributed by atoms with Crippen LogP contribution in [0.5, 0.6) is 0 Å². The van der Waals surface area contributed by atoms with Crippen molar-refractivity contribution in [2.24, 2.45) is 0 Å². The number of hydrogen-bond acceptors (Lipinski definition) is 2. The molecular weight excluding hydrogens is 268 g/mol. The molecule has 1 radical (unpaired) electrons. The van der Waals surface area contributed by atoms with Crippen LogP contribution in [0.3, 0.4) is 0 Å². The maximum absolute atomic E-state index is 10.2. The molecule has 0 rings (SSSR count). The molecule has 0 spiro atoms. The molecule has 3 nitrogen and oxygen atoms in total. The van der Waals surface area contributed by atoms with Crippen LogP contribution in [0.2, 0.25) is 0 Å². The van der Waals surface area contributed by atoms with E-state index in [1.54, 1.807) is 0 Å². The van der Waals surface area contributed by atoms with Crippen LogP contribution in [0.15, 0.2) is 0 Å². The van der Waals surface area contributed by atoms with Gasteiger partial charge in [0.2, 0.25) is 0 Å². The molecule has 6 heavy (non-hydrogen) atoms. The average Bonchev–Trinajstić information content (AvgIpc) is 0.722. The molecule has 0 atom stereocenters. The van der Waals surface area contributed by atoms with Gasteiger partial charge in [-0.2, -0.15) is 8.42 Å². The Morgan fingerprint density at radius 2 is 1.50 bits per heavy atom. The third-order valence-electron chi connectivity index (χ3n) is 0. The maximum atomic E-state index is 10.2.